The van der Waals surface area contributed by atoms with E-state index in [2.05, 4.69) is 20.9 Å². The number of benzene rings is 1. The Labute approximate surface area is 174 Å². The molecule has 1 rings (SSSR count). The number of carbonyl (C=O) groups excluding carboxylic acids is 1. The van der Waals surface area contributed by atoms with E-state index in [1.165, 1.54) is 0 Å². The fraction of sp³-hybridized carbons (Fsp3) is 0.579. The summed E-state index contributed by atoms with van der Waals surface area (Å²) in [4.78, 5) is 16.6. The molecule has 0 spiro atoms. The molecule has 0 saturated heterocycles. The van der Waals surface area contributed by atoms with Gasteiger partial charge in [0.2, 0.25) is 5.91 Å². The first-order valence-electron chi connectivity index (χ1n) is 8.93. The molecule has 1 amide bonds. The number of amides is 1. The number of methoxy groups -OCH3 is 1. The number of halogens is 1. The second-order valence-electron chi connectivity index (χ2n) is 6.19. The minimum atomic E-state index is 0. The standard InChI is InChI=1S/C19H32N4O2.HI/c1-6-14(3)18(24)23-17-10-8-9-16(11-17)12-21-19(20-7-2)22-15(4)13-25-5;/h8-11,14-15H,6-7,12-13H2,1-5H3,(H,23,24)(H2,20,21,22);1H. The summed E-state index contributed by atoms with van der Waals surface area (Å²) < 4.78 is 5.14. The van der Waals surface area contributed by atoms with Gasteiger partial charge in [0, 0.05) is 31.3 Å². The van der Waals surface area contributed by atoms with Crippen LogP contribution in [0.3, 0.4) is 0 Å². The number of aliphatic imine (C=N–C) groups is 1. The van der Waals surface area contributed by atoms with Crippen molar-refractivity contribution in [1.29, 1.82) is 0 Å². The number of hydrogen-bond acceptors (Lipinski definition) is 3. The Morgan fingerprint density at radius 3 is 2.62 bits per heavy atom. The topological polar surface area (TPSA) is 74.8 Å². The maximum Gasteiger partial charge on any atom is 0.227 e. The molecule has 0 heterocycles. The van der Waals surface area contributed by atoms with Gasteiger partial charge in [0.15, 0.2) is 5.96 Å². The predicted octanol–water partition coefficient (Wildman–Crippen LogP) is 3.38. The van der Waals surface area contributed by atoms with Gasteiger partial charge in [0.05, 0.1) is 13.2 Å². The van der Waals surface area contributed by atoms with Crippen molar-refractivity contribution in [2.75, 3.05) is 25.6 Å². The van der Waals surface area contributed by atoms with E-state index in [1.807, 2.05) is 52.0 Å². The van der Waals surface area contributed by atoms with Crippen LogP contribution in [-0.2, 0) is 16.1 Å². The van der Waals surface area contributed by atoms with Gasteiger partial charge in [-0.3, -0.25) is 4.79 Å². The van der Waals surface area contributed by atoms with Crippen molar-refractivity contribution < 1.29 is 9.53 Å². The van der Waals surface area contributed by atoms with Crippen molar-refractivity contribution in [3.63, 3.8) is 0 Å². The first-order valence-corrected chi connectivity index (χ1v) is 8.93. The average molecular weight is 476 g/mol. The molecule has 1 aromatic rings. The average Bonchev–Trinajstić information content (AvgIpc) is 2.59. The second-order valence-corrected chi connectivity index (χ2v) is 6.19. The maximum absolute atomic E-state index is 12.0. The summed E-state index contributed by atoms with van der Waals surface area (Å²) in [6.45, 7) is 9.94. The molecule has 2 atom stereocenters. The normalized spacial score (nSPS) is 13.3. The van der Waals surface area contributed by atoms with Gasteiger partial charge >= 0.3 is 0 Å². The third-order valence-corrected chi connectivity index (χ3v) is 3.82. The summed E-state index contributed by atoms with van der Waals surface area (Å²) in [6, 6.07) is 7.97. The van der Waals surface area contributed by atoms with E-state index in [9.17, 15) is 4.79 Å². The molecular weight excluding hydrogens is 443 g/mol. The van der Waals surface area contributed by atoms with Crippen LogP contribution in [0.25, 0.3) is 0 Å². The van der Waals surface area contributed by atoms with Crippen LogP contribution < -0.4 is 16.0 Å². The Morgan fingerprint density at radius 1 is 1.27 bits per heavy atom. The fourth-order valence-corrected chi connectivity index (χ4v) is 2.21. The Balaban J connectivity index is 0.00000625. The molecule has 0 radical (unpaired) electrons. The zero-order valence-corrected chi connectivity index (χ0v) is 18.8. The zero-order chi connectivity index (χ0) is 18.7. The molecule has 148 valence electrons. The molecular formula is C19H33IN4O2. The summed E-state index contributed by atoms with van der Waals surface area (Å²) in [5, 5.41) is 9.49. The highest BCUT2D eigenvalue weighted by Crippen LogP contribution is 2.13. The number of rotatable bonds is 9. The lowest BCUT2D eigenvalue weighted by atomic mass is 10.1. The molecule has 0 bridgehead atoms. The molecule has 0 saturated carbocycles. The van der Waals surface area contributed by atoms with Gasteiger partial charge in [-0.1, -0.05) is 26.0 Å². The number of guanidine groups is 1. The third kappa shape index (κ3) is 9.38. The van der Waals surface area contributed by atoms with Gasteiger partial charge in [0.25, 0.3) is 0 Å². The molecule has 7 heteroatoms. The van der Waals surface area contributed by atoms with E-state index in [1.54, 1.807) is 7.11 Å². The van der Waals surface area contributed by atoms with Crippen molar-refractivity contribution in [3.8, 4) is 0 Å². The Hall–Kier alpha value is -1.35. The van der Waals surface area contributed by atoms with E-state index < -0.39 is 0 Å². The molecule has 26 heavy (non-hydrogen) atoms. The van der Waals surface area contributed by atoms with Crippen molar-refractivity contribution in [3.05, 3.63) is 29.8 Å². The van der Waals surface area contributed by atoms with Crippen molar-refractivity contribution in [2.24, 2.45) is 10.9 Å². The molecule has 0 aliphatic heterocycles. The Bertz CT molecular complexity index is 566. The van der Waals surface area contributed by atoms with Gasteiger partial charge in [-0.15, -0.1) is 24.0 Å². The summed E-state index contributed by atoms with van der Waals surface area (Å²) in [5.41, 5.74) is 1.85. The van der Waals surface area contributed by atoms with E-state index in [4.69, 9.17) is 4.74 Å². The SMILES string of the molecule is CCNC(=NCc1cccc(NC(=O)C(C)CC)c1)NC(C)COC.I. The number of nitrogens with one attached hydrogen (secondary N) is 3. The molecule has 0 fully saturated rings. The molecule has 6 nitrogen and oxygen atoms in total. The Kier molecular flexibility index (Phi) is 13.1. The van der Waals surface area contributed by atoms with Crippen molar-refractivity contribution >= 4 is 41.5 Å². The Morgan fingerprint density at radius 2 is 2.00 bits per heavy atom. The lowest BCUT2D eigenvalue weighted by Crippen LogP contribution is -2.43. The van der Waals surface area contributed by atoms with Crippen LogP contribution in [0, 0.1) is 5.92 Å². The van der Waals surface area contributed by atoms with Gasteiger partial charge in [0.1, 0.15) is 0 Å². The summed E-state index contributed by atoms with van der Waals surface area (Å²) in [6.07, 6.45) is 0.827. The van der Waals surface area contributed by atoms with Crippen LogP contribution in [0.15, 0.2) is 29.3 Å². The smallest absolute Gasteiger partial charge is 0.227 e. The van der Waals surface area contributed by atoms with Gasteiger partial charge in [-0.05, 0) is 38.0 Å². The number of hydrogen-bond donors (Lipinski definition) is 3. The monoisotopic (exact) mass is 476 g/mol. The second kappa shape index (κ2) is 13.8. The van der Waals surface area contributed by atoms with Crippen LogP contribution in [0.1, 0.15) is 39.7 Å². The number of ether oxygens (including phenoxy) is 1. The first-order chi connectivity index (χ1) is 12.0. The van der Waals surface area contributed by atoms with Crippen LogP contribution in [0.4, 0.5) is 5.69 Å². The summed E-state index contributed by atoms with van der Waals surface area (Å²) in [7, 11) is 1.68. The summed E-state index contributed by atoms with van der Waals surface area (Å²) in [5.74, 6) is 0.807. The van der Waals surface area contributed by atoms with E-state index >= 15 is 0 Å². The maximum atomic E-state index is 12.0. The van der Waals surface area contributed by atoms with Gasteiger partial charge in [-0.25, -0.2) is 4.99 Å². The van der Waals surface area contributed by atoms with E-state index in [0.717, 1.165) is 30.2 Å². The number of anilines is 1. The van der Waals surface area contributed by atoms with Crippen LogP contribution in [0.5, 0.6) is 0 Å². The van der Waals surface area contributed by atoms with Gasteiger partial charge < -0.3 is 20.7 Å². The molecule has 0 aliphatic carbocycles. The first kappa shape index (κ1) is 24.7. The highest BCUT2D eigenvalue weighted by atomic mass is 127. The van der Waals surface area contributed by atoms with Crippen LogP contribution >= 0.6 is 24.0 Å². The van der Waals surface area contributed by atoms with E-state index in [-0.39, 0.29) is 41.8 Å². The molecule has 1 aromatic carbocycles. The quantitative estimate of drug-likeness (QED) is 0.290. The lowest BCUT2D eigenvalue weighted by molar-refractivity contribution is -0.119. The predicted molar refractivity (Wildman–Crippen MR) is 119 cm³/mol. The molecule has 3 N–H and O–H groups in total. The van der Waals surface area contributed by atoms with Crippen molar-refractivity contribution in [2.45, 2.75) is 46.7 Å². The number of carbonyl (C=O) groups is 1. The fourth-order valence-electron chi connectivity index (χ4n) is 2.21. The van der Waals surface area contributed by atoms with Crippen molar-refractivity contribution in [1.82, 2.24) is 10.6 Å². The zero-order valence-electron chi connectivity index (χ0n) is 16.5. The molecule has 0 aliphatic rings. The minimum absolute atomic E-state index is 0. The third-order valence-electron chi connectivity index (χ3n) is 3.82. The highest BCUT2D eigenvalue weighted by Gasteiger charge is 2.10. The van der Waals surface area contributed by atoms with Gasteiger partial charge in [-0.2, -0.15) is 0 Å². The van der Waals surface area contributed by atoms with Crippen LogP contribution in [-0.4, -0.2) is 38.2 Å². The molecule has 2 unspecified atom stereocenters. The largest absolute Gasteiger partial charge is 0.383 e. The summed E-state index contributed by atoms with van der Waals surface area (Å²) >= 11 is 0. The minimum Gasteiger partial charge on any atom is -0.383 e. The lowest BCUT2D eigenvalue weighted by Gasteiger charge is -2.17. The number of nitrogens with zero attached hydrogens (tertiary/aromatic N) is 1. The molecule has 0 aromatic heterocycles. The van der Waals surface area contributed by atoms with E-state index in [0.29, 0.717) is 13.2 Å². The van der Waals surface area contributed by atoms with Crippen LogP contribution in [0.2, 0.25) is 0 Å². The highest BCUT2D eigenvalue weighted by molar-refractivity contribution is 14.0.